The van der Waals surface area contributed by atoms with E-state index < -0.39 is 28.3 Å². The third-order valence-corrected chi connectivity index (χ3v) is 2.98. The Labute approximate surface area is 138 Å². The van der Waals surface area contributed by atoms with Gasteiger partial charge in [0.15, 0.2) is 0 Å². The summed E-state index contributed by atoms with van der Waals surface area (Å²) in [7, 11) is 0. The van der Waals surface area contributed by atoms with Gasteiger partial charge in [0.05, 0.1) is 16.5 Å². The first-order valence-corrected chi connectivity index (χ1v) is 6.69. The van der Waals surface area contributed by atoms with Gasteiger partial charge < -0.3 is 14.6 Å². The Bertz CT molecular complexity index is 846. The third kappa shape index (κ3) is 4.80. The molecule has 0 aliphatic carbocycles. The molecule has 0 amide bonds. The second kappa shape index (κ2) is 7.04. The maximum atomic E-state index is 12.7. The molecular weight excluding hydrogens is 343 g/mol. The second-order valence-electron chi connectivity index (χ2n) is 4.76. The van der Waals surface area contributed by atoms with Crippen molar-refractivity contribution >= 4 is 17.7 Å². The molecule has 0 saturated heterocycles. The molecule has 0 heterocycles. The number of nitrogens with zero attached hydrogens (tertiary/aromatic N) is 1. The molecule has 0 fully saturated rings. The van der Waals surface area contributed by atoms with E-state index in [1.54, 1.807) is 0 Å². The third-order valence-electron chi connectivity index (χ3n) is 2.98. The number of carboxylic acid groups (broad SMARTS) is 1. The first-order chi connectivity index (χ1) is 11.7. The van der Waals surface area contributed by atoms with Crippen LogP contribution in [0.15, 0.2) is 48.5 Å². The van der Waals surface area contributed by atoms with Crippen molar-refractivity contribution in [1.29, 1.82) is 0 Å². The summed E-state index contributed by atoms with van der Waals surface area (Å²) in [5, 5.41) is 21.4. The van der Waals surface area contributed by atoms with Gasteiger partial charge in [0.2, 0.25) is 5.75 Å². The number of hydrogen-bond donors (Lipinski definition) is 0. The molecular formula is C16H9F3NO5-. The van der Waals surface area contributed by atoms with E-state index in [0.717, 1.165) is 12.1 Å². The van der Waals surface area contributed by atoms with Gasteiger partial charge in [-0.15, -0.1) is 0 Å². The summed E-state index contributed by atoms with van der Waals surface area (Å²) >= 11 is 0. The fourth-order valence-electron chi connectivity index (χ4n) is 1.90. The van der Waals surface area contributed by atoms with Gasteiger partial charge in [-0.05, 0) is 35.9 Å². The highest BCUT2D eigenvalue weighted by Crippen LogP contribution is 2.37. The van der Waals surface area contributed by atoms with Gasteiger partial charge in [-0.3, -0.25) is 10.1 Å². The van der Waals surface area contributed by atoms with Crippen LogP contribution in [0.1, 0.15) is 11.1 Å². The van der Waals surface area contributed by atoms with E-state index in [1.807, 2.05) is 0 Å². The average Bonchev–Trinajstić information content (AvgIpc) is 2.52. The Hall–Kier alpha value is -3.36. The number of nitro benzene ring substituents is 1. The molecule has 2 aromatic carbocycles. The zero-order valence-corrected chi connectivity index (χ0v) is 12.3. The molecule has 0 radical (unpaired) electrons. The molecule has 9 heteroatoms. The minimum absolute atomic E-state index is 0.0864. The van der Waals surface area contributed by atoms with E-state index in [4.69, 9.17) is 4.74 Å². The lowest BCUT2D eigenvalue weighted by Crippen LogP contribution is -2.18. The van der Waals surface area contributed by atoms with Gasteiger partial charge >= 0.3 is 11.9 Å². The Morgan fingerprint density at radius 2 is 1.88 bits per heavy atom. The largest absolute Gasteiger partial charge is 0.545 e. The maximum Gasteiger partial charge on any atom is 0.416 e. The van der Waals surface area contributed by atoms with Crippen LogP contribution in [0.4, 0.5) is 18.9 Å². The Kier molecular flexibility index (Phi) is 5.06. The van der Waals surface area contributed by atoms with Crippen LogP contribution in [0.3, 0.4) is 0 Å². The number of carboxylic acids is 1. The Morgan fingerprint density at radius 1 is 1.16 bits per heavy atom. The molecule has 25 heavy (non-hydrogen) atoms. The van der Waals surface area contributed by atoms with Crippen LogP contribution in [-0.4, -0.2) is 10.9 Å². The summed E-state index contributed by atoms with van der Waals surface area (Å²) in [6.07, 6.45) is -2.73. The van der Waals surface area contributed by atoms with Gasteiger partial charge in [0.25, 0.3) is 0 Å². The predicted octanol–water partition coefficient (Wildman–Crippen LogP) is 3.17. The van der Waals surface area contributed by atoms with Crippen LogP contribution in [0.2, 0.25) is 0 Å². The minimum Gasteiger partial charge on any atom is -0.545 e. The average molecular weight is 352 g/mol. The van der Waals surface area contributed by atoms with Gasteiger partial charge in [0, 0.05) is 6.07 Å². The van der Waals surface area contributed by atoms with Crippen molar-refractivity contribution in [2.75, 3.05) is 0 Å². The topological polar surface area (TPSA) is 92.5 Å². The maximum absolute atomic E-state index is 12.7. The smallest absolute Gasteiger partial charge is 0.416 e. The van der Waals surface area contributed by atoms with Crippen molar-refractivity contribution in [3.05, 3.63) is 69.8 Å². The van der Waals surface area contributed by atoms with Crippen LogP contribution in [0.5, 0.6) is 11.5 Å². The molecule has 0 aliphatic heterocycles. The van der Waals surface area contributed by atoms with Crippen molar-refractivity contribution in [3.63, 3.8) is 0 Å². The van der Waals surface area contributed by atoms with Crippen molar-refractivity contribution in [2.45, 2.75) is 6.18 Å². The monoisotopic (exact) mass is 352 g/mol. The molecule has 0 unspecified atom stereocenters. The van der Waals surface area contributed by atoms with Gasteiger partial charge in [-0.25, -0.2) is 0 Å². The SMILES string of the molecule is O=C([O-])/C=C/c1cccc(Oc2ccc(C(F)(F)F)cc2[N+](=O)[O-])c1. The van der Waals surface area contributed by atoms with E-state index in [2.05, 4.69) is 0 Å². The summed E-state index contributed by atoms with van der Waals surface area (Å²) < 4.78 is 43.3. The highest BCUT2D eigenvalue weighted by Gasteiger charge is 2.33. The molecule has 0 saturated carbocycles. The Balaban J connectivity index is 2.35. The standard InChI is InChI=1S/C16H10F3NO5/c17-16(18,19)11-5-6-14(13(9-11)20(23)24)25-12-3-1-2-10(8-12)4-7-15(21)22/h1-9H,(H,21,22)/p-1/b7-4+. The van der Waals surface area contributed by atoms with E-state index >= 15 is 0 Å². The van der Waals surface area contributed by atoms with Crippen LogP contribution in [0.25, 0.3) is 6.08 Å². The van der Waals surface area contributed by atoms with Crippen molar-refractivity contribution in [2.24, 2.45) is 0 Å². The molecule has 0 aliphatic rings. The molecule has 0 bridgehead atoms. The van der Waals surface area contributed by atoms with E-state index in [9.17, 15) is 33.2 Å². The summed E-state index contributed by atoms with van der Waals surface area (Å²) in [6.45, 7) is 0. The fraction of sp³-hybridized carbons (Fsp3) is 0.0625. The quantitative estimate of drug-likeness (QED) is 0.468. The number of hydrogen-bond acceptors (Lipinski definition) is 5. The molecule has 0 aromatic heterocycles. The van der Waals surface area contributed by atoms with Gasteiger partial charge in [-0.2, -0.15) is 13.2 Å². The lowest BCUT2D eigenvalue weighted by atomic mass is 10.1. The molecule has 2 aromatic rings. The molecule has 0 atom stereocenters. The van der Waals surface area contributed by atoms with Gasteiger partial charge in [-0.1, -0.05) is 18.2 Å². The van der Waals surface area contributed by atoms with Crippen LogP contribution < -0.4 is 9.84 Å². The van der Waals surface area contributed by atoms with Gasteiger partial charge in [0.1, 0.15) is 5.75 Å². The van der Waals surface area contributed by atoms with Crippen LogP contribution >= 0.6 is 0 Å². The first kappa shape index (κ1) is 18.0. The minimum atomic E-state index is -4.72. The second-order valence-corrected chi connectivity index (χ2v) is 4.76. The number of carbonyl (C=O) groups is 1. The van der Waals surface area contributed by atoms with Crippen molar-refractivity contribution < 1.29 is 32.7 Å². The molecule has 0 N–H and O–H groups in total. The van der Waals surface area contributed by atoms with Crippen molar-refractivity contribution in [3.8, 4) is 11.5 Å². The fourth-order valence-corrected chi connectivity index (χ4v) is 1.90. The molecule has 130 valence electrons. The summed E-state index contributed by atoms with van der Waals surface area (Å²) in [4.78, 5) is 20.4. The summed E-state index contributed by atoms with van der Waals surface area (Å²) in [5.74, 6) is -1.70. The number of halogens is 3. The molecule has 2 rings (SSSR count). The number of benzene rings is 2. The lowest BCUT2D eigenvalue weighted by molar-refractivity contribution is -0.385. The van der Waals surface area contributed by atoms with Crippen molar-refractivity contribution in [1.82, 2.24) is 0 Å². The van der Waals surface area contributed by atoms with E-state index in [1.165, 1.54) is 30.3 Å². The highest BCUT2D eigenvalue weighted by atomic mass is 19.4. The Morgan fingerprint density at radius 3 is 2.48 bits per heavy atom. The summed E-state index contributed by atoms with van der Waals surface area (Å²) in [6, 6.07) is 7.70. The number of carbonyl (C=O) groups excluding carboxylic acids is 1. The predicted molar refractivity (Wildman–Crippen MR) is 78.7 cm³/mol. The lowest BCUT2D eigenvalue weighted by Gasteiger charge is -2.10. The van der Waals surface area contributed by atoms with Crippen LogP contribution in [-0.2, 0) is 11.0 Å². The number of rotatable bonds is 5. The number of nitro groups is 1. The number of aliphatic carboxylic acids is 1. The number of ether oxygens (including phenoxy) is 1. The number of alkyl halides is 3. The zero-order chi connectivity index (χ0) is 18.6. The summed E-state index contributed by atoms with van der Waals surface area (Å²) in [5.41, 5.74) is -1.61. The molecule has 0 spiro atoms. The first-order valence-electron chi connectivity index (χ1n) is 6.69. The highest BCUT2D eigenvalue weighted by molar-refractivity contribution is 5.83. The van der Waals surface area contributed by atoms with Crippen LogP contribution in [0, 0.1) is 10.1 Å². The van der Waals surface area contributed by atoms with E-state index in [-0.39, 0.29) is 11.5 Å². The molecule has 6 nitrogen and oxygen atoms in total. The zero-order valence-electron chi connectivity index (χ0n) is 12.3. The normalized spacial score (nSPS) is 11.5. The van der Waals surface area contributed by atoms with E-state index in [0.29, 0.717) is 17.7 Å².